The standard InChI is InChI=1S/C20H19N3O2/c1-14-19(15(2)25-23-14)13-20(24)22-18-8-5-6-16(12-18)9-10-17-7-3-4-11-21-17/h3-12H,13H2,1-2H3,(H,22,24)/b10-9+. The third-order valence-corrected chi connectivity index (χ3v) is 3.82. The maximum atomic E-state index is 12.3. The summed E-state index contributed by atoms with van der Waals surface area (Å²) in [5.74, 6) is 0.583. The van der Waals surface area contributed by atoms with Crippen molar-refractivity contribution >= 4 is 23.7 Å². The number of rotatable bonds is 5. The van der Waals surface area contributed by atoms with Crippen molar-refractivity contribution < 1.29 is 9.32 Å². The summed E-state index contributed by atoms with van der Waals surface area (Å²) in [6.45, 7) is 3.65. The van der Waals surface area contributed by atoms with E-state index < -0.39 is 0 Å². The van der Waals surface area contributed by atoms with Gasteiger partial charge in [-0.05, 0) is 49.8 Å². The van der Waals surface area contributed by atoms with Gasteiger partial charge >= 0.3 is 0 Å². The molecule has 2 aromatic heterocycles. The molecule has 0 spiro atoms. The quantitative estimate of drug-likeness (QED) is 0.765. The molecule has 0 bridgehead atoms. The topological polar surface area (TPSA) is 68.0 Å². The zero-order valence-electron chi connectivity index (χ0n) is 14.2. The van der Waals surface area contributed by atoms with E-state index in [0.29, 0.717) is 5.76 Å². The highest BCUT2D eigenvalue weighted by Crippen LogP contribution is 2.16. The van der Waals surface area contributed by atoms with E-state index in [0.717, 1.165) is 28.2 Å². The Morgan fingerprint density at radius 2 is 2.04 bits per heavy atom. The second-order valence-electron chi connectivity index (χ2n) is 5.74. The van der Waals surface area contributed by atoms with E-state index in [4.69, 9.17) is 4.52 Å². The predicted molar refractivity (Wildman–Crippen MR) is 97.9 cm³/mol. The van der Waals surface area contributed by atoms with Crippen LogP contribution in [0.1, 0.15) is 28.3 Å². The molecule has 2 heterocycles. The molecule has 1 N–H and O–H groups in total. The molecule has 5 heteroatoms. The number of aryl methyl sites for hydroxylation is 2. The number of amides is 1. The second kappa shape index (κ2) is 7.57. The average molecular weight is 333 g/mol. The van der Waals surface area contributed by atoms with Crippen LogP contribution in [0, 0.1) is 13.8 Å². The van der Waals surface area contributed by atoms with E-state index in [9.17, 15) is 4.79 Å². The van der Waals surface area contributed by atoms with Gasteiger partial charge in [0.15, 0.2) is 0 Å². The smallest absolute Gasteiger partial charge is 0.228 e. The van der Waals surface area contributed by atoms with Gasteiger partial charge in [0, 0.05) is 17.4 Å². The number of benzene rings is 1. The molecule has 1 amide bonds. The highest BCUT2D eigenvalue weighted by molar-refractivity contribution is 5.92. The number of anilines is 1. The zero-order valence-corrected chi connectivity index (χ0v) is 14.2. The Morgan fingerprint density at radius 1 is 1.16 bits per heavy atom. The van der Waals surface area contributed by atoms with Crippen LogP contribution < -0.4 is 5.32 Å². The molecule has 0 atom stereocenters. The summed E-state index contributed by atoms with van der Waals surface area (Å²) in [4.78, 5) is 16.5. The summed E-state index contributed by atoms with van der Waals surface area (Å²) >= 11 is 0. The van der Waals surface area contributed by atoms with Crippen molar-refractivity contribution in [3.63, 3.8) is 0 Å². The van der Waals surface area contributed by atoms with Gasteiger partial charge in [-0.2, -0.15) is 0 Å². The largest absolute Gasteiger partial charge is 0.361 e. The first-order valence-corrected chi connectivity index (χ1v) is 8.02. The Bertz CT molecular complexity index is 879. The molecule has 3 rings (SSSR count). The van der Waals surface area contributed by atoms with Gasteiger partial charge in [-0.1, -0.05) is 29.4 Å². The summed E-state index contributed by atoms with van der Waals surface area (Å²) in [5.41, 5.74) is 4.21. The van der Waals surface area contributed by atoms with E-state index in [2.05, 4.69) is 15.5 Å². The van der Waals surface area contributed by atoms with Gasteiger partial charge in [-0.15, -0.1) is 0 Å². The molecule has 25 heavy (non-hydrogen) atoms. The fraction of sp³-hybridized carbons (Fsp3) is 0.150. The molecule has 0 saturated heterocycles. The number of hydrogen-bond donors (Lipinski definition) is 1. The number of pyridine rings is 1. The highest BCUT2D eigenvalue weighted by atomic mass is 16.5. The normalized spacial score (nSPS) is 11.0. The molecule has 0 saturated carbocycles. The number of carbonyl (C=O) groups excluding carboxylic acids is 1. The first-order chi connectivity index (χ1) is 12.1. The van der Waals surface area contributed by atoms with E-state index in [1.165, 1.54) is 0 Å². The maximum Gasteiger partial charge on any atom is 0.228 e. The third-order valence-electron chi connectivity index (χ3n) is 3.82. The van der Waals surface area contributed by atoms with Crippen LogP contribution >= 0.6 is 0 Å². The van der Waals surface area contributed by atoms with Crippen molar-refractivity contribution in [2.75, 3.05) is 5.32 Å². The Morgan fingerprint density at radius 3 is 2.76 bits per heavy atom. The molecule has 1 aromatic carbocycles. The molecule has 0 aliphatic heterocycles. The Kier molecular flexibility index (Phi) is 5.04. The van der Waals surface area contributed by atoms with Crippen molar-refractivity contribution in [1.29, 1.82) is 0 Å². The number of nitrogens with zero attached hydrogens (tertiary/aromatic N) is 2. The van der Waals surface area contributed by atoms with Crippen LogP contribution in [0.25, 0.3) is 12.2 Å². The monoisotopic (exact) mass is 333 g/mol. The lowest BCUT2D eigenvalue weighted by molar-refractivity contribution is -0.115. The van der Waals surface area contributed by atoms with E-state index in [-0.39, 0.29) is 12.3 Å². The van der Waals surface area contributed by atoms with Crippen LogP contribution in [0.5, 0.6) is 0 Å². The molecule has 0 unspecified atom stereocenters. The third kappa shape index (κ3) is 4.41. The minimum absolute atomic E-state index is 0.0970. The van der Waals surface area contributed by atoms with Crippen LogP contribution in [0.15, 0.2) is 53.2 Å². The van der Waals surface area contributed by atoms with Gasteiger partial charge < -0.3 is 9.84 Å². The lowest BCUT2D eigenvalue weighted by Crippen LogP contribution is -2.15. The summed E-state index contributed by atoms with van der Waals surface area (Å²) in [5, 5.41) is 6.79. The molecule has 3 aromatic rings. The minimum atomic E-state index is -0.0970. The van der Waals surface area contributed by atoms with Gasteiger partial charge in [-0.3, -0.25) is 9.78 Å². The average Bonchev–Trinajstić information content (AvgIpc) is 2.93. The van der Waals surface area contributed by atoms with Gasteiger partial charge in [-0.25, -0.2) is 0 Å². The van der Waals surface area contributed by atoms with Crippen LogP contribution in [0.2, 0.25) is 0 Å². The van der Waals surface area contributed by atoms with Gasteiger partial charge in [0.2, 0.25) is 5.91 Å². The zero-order chi connectivity index (χ0) is 17.6. The second-order valence-corrected chi connectivity index (χ2v) is 5.74. The molecule has 0 aliphatic carbocycles. The fourth-order valence-corrected chi connectivity index (χ4v) is 2.50. The molecule has 126 valence electrons. The molecule has 0 radical (unpaired) electrons. The van der Waals surface area contributed by atoms with Crippen molar-refractivity contribution in [1.82, 2.24) is 10.1 Å². The minimum Gasteiger partial charge on any atom is -0.361 e. The number of aromatic nitrogens is 2. The van der Waals surface area contributed by atoms with Crippen molar-refractivity contribution in [3.05, 3.63) is 76.9 Å². The van der Waals surface area contributed by atoms with Gasteiger partial charge in [0.1, 0.15) is 5.76 Å². The Labute approximate surface area is 146 Å². The summed E-state index contributed by atoms with van der Waals surface area (Å²) in [6.07, 6.45) is 5.90. The van der Waals surface area contributed by atoms with E-state index in [1.54, 1.807) is 6.20 Å². The molecule has 0 aliphatic rings. The lowest BCUT2D eigenvalue weighted by Gasteiger charge is -2.06. The first-order valence-electron chi connectivity index (χ1n) is 8.02. The molecular weight excluding hydrogens is 314 g/mol. The summed E-state index contributed by atoms with van der Waals surface area (Å²) < 4.78 is 5.09. The fourth-order valence-electron chi connectivity index (χ4n) is 2.50. The summed E-state index contributed by atoms with van der Waals surface area (Å²) in [6, 6.07) is 13.4. The Hall–Kier alpha value is -3.21. The van der Waals surface area contributed by atoms with Crippen molar-refractivity contribution in [2.45, 2.75) is 20.3 Å². The lowest BCUT2D eigenvalue weighted by atomic mass is 10.1. The van der Waals surface area contributed by atoms with Gasteiger partial charge in [0.05, 0.1) is 17.8 Å². The summed E-state index contributed by atoms with van der Waals surface area (Å²) in [7, 11) is 0. The van der Waals surface area contributed by atoms with Crippen molar-refractivity contribution in [2.24, 2.45) is 0 Å². The predicted octanol–water partition coefficient (Wildman–Crippen LogP) is 4.04. The van der Waals surface area contributed by atoms with E-state index >= 15 is 0 Å². The Balaban J connectivity index is 1.67. The maximum absolute atomic E-state index is 12.3. The molecular formula is C20H19N3O2. The van der Waals surface area contributed by atoms with Gasteiger partial charge in [0.25, 0.3) is 0 Å². The number of nitrogens with one attached hydrogen (secondary N) is 1. The molecule has 0 fully saturated rings. The van der Waals surface area contributed by atoms with Crippen LogP contribution in [0.3, 0.4) is 0 Å². The van der Waals surface area contributed by atoms with Crippen LogP contribution in [0.4, 0.5) is 5.69 Å². The molecule has 5 nitrogen and oxygen atoms in total. The van der Waals surface area contributed by atoms with E-state index in [1.807, 2.05) is 68.5 Å². The SMILES string of the molecule is Cc1noc(C)c1CC(=O)Nc1cccc(/C=C/c2ccccn2)c1. The highest BCUT2D eigenvalue weighted by Gasteiger charge is 2.13. The number of hydrogen-bond acceptors (Lipinski definition) is 4. The van der Waals surface area contributed by atoms with Crippen molar-refractivity contribution in [3.8, 4) is 0 Å². The van der Waals surface area contributed by atoms with Crippen LogP contribution in [-0.2, 0) is 11.2 Å². The van der Waals surface area contributed by atoms with Crippen LogP contribution in [-0.4, -0.2) is 16.0 Å². The first kappa shape index (κ1) is 16.6. The number of carbonyl (C=O) groups is 1.